The van der Waals surface area contributed by atoms with E-state index in [1.54, 1.807) is 6.07 Å². The van der Waals surface area contributed by atoms with Gasteiger partial charge in [-0.25, -0.2) is 0 Å². The highest BCUT2D eigenvalue weighted by molar-refractivity contribution is 5.99. The molecule has 0 bridgehead atoms. The SMILES string of the molecule is NC1(C(=O)Nc2ccccc2-n2cnnn2)CCOCC1. The minimum absolute atomic E-state index is 0.216. The van der Waals surface area contributed by atoms with Crippen LogP contribution < -0.4 is 11.1 Å². The third-order valence-electron chi connectivity index (χ3n) is 3.59. The van der Waals surface area contributed by atoms with Crippen molar-refractivity contribution in [2.24, 2.45) is 5.73 Å². The molecule has 110 valence electrons. The first-order valence-corrected chi connectivity index (χ1v) is 6.69. The van der Waals surface area contributed by atoms with Gasteiger partial charge < -0.3 is 15.8 Å². The molecule has 0 aliphatic carbocycles. The lowest BCUT2D eigenvalue weighted by atomic mass is 9.90. The Hall–Kier alpha value is -2.32. The lowest BCUT2D eigenvalue weighted by Crippen LogP contribution is -2.54. The average molecular weight is 288 g/mol. The molecule has 1 aliphatic heterocycles. The van der Waals surface area contributed by atoms with E-state index in [0.717, 1.165) is 0 Å². The first kappa shape index (κ1) is 13.7. The monoisotopic (exact) mass is 288 g/mol. The Bertz CT molecular complexity index is 621. The van der Waals surface area contributed by atoms with Crippen molar-refractivity contribution in [2.45, 2.75) is 18.4 Å². The van der Waals surface area contributed by atoms with Gasteiger partial charge in [0.05, 0.1) is 11.4 Å². The third kappa shape index (κ3) is 2.76. The van der Waals surface area contributed by atoms with Gasteiger partial charge in [-0.05, 0) is 35.4 Å². The van der Waals surface area contributed by atoms with Crippen molar-refractivity contribution in [3.63, 3.8) is 0 Å². The molecule has 0 saturated carbocycles. The van der Waals surface area contributed by atoms with E-state index >= 15 is 0 Å². The summed E-state index contributed by atoms with van der Waals surface area (Å²) in [6.45, 7) is 0.997. The number of ether oxygens (including phenoxy) is 1. The number of carbonyl (C=O) groups excluding carboxylic acids is 1. The molecular formula is C13H16N6O2. The molecule has 0 radical (unpaired) electrons. The standard InChI is InChI=1S/C13H16N6O2/c14-13(5-7-21-8-6-13)12(20)16-10-3-1-2-4-11(10)19-9-15-17-18-19/h1-4,9H,5-8,14H2,(H,16,20). The van der Waals surface area contributed by atoms with Crippen LogP contribution in [0, 0.1) is 0 Å². The van der Waals surface area contributed by atoms with Crippen LogP contribution in [0.3, 0.4) is 0 Å². The Labute approximate surface area is 121 Å². The topological polar surface area (TPSA) is 108 Å². The van der Waals surface area contributed by atoms with Gasteiger partial charge >= 0.3 is 0 Å². The Balaban J connectivity index is 1.83. The molecule has 1 aromatic carbocycles. The van der Waals surface area contributed by atoms with E-state index in [1.165, 1.54) is 11.0 Å². The number of hydrogen-bond acceptors (Lipinski definition) is 6. The molecule has 1 aliphatic rings. The summed E-state index contributed by atoms with van der Waals surface area (Å²) in [5.41, 5.74) is 6.59. The number of carbonyl (C=O) groups is 1. The number of nitrogens with zero attached hydrogens (tertiary/aromatic N) is 4. The first-order valence-electron chi connectivity index (χ1n) is 6.69. The smallest absolute Gasteiger partial charge is 0.244 e. The summed E-state index contributed by atoms with van der Waals surface area (Å²) in [4.78, 5) is 12.5. The van der Waals surface area contributed by atoms with E-state index in [1.807, 2.05) is 18.2 Å². The zero-order chi connectivity index (χ0) is 14.7. The van der Waals surface area contributed by atoms with Crippen LogP contribution in [0.5, 0.6) is 0 Å². The van der Waals surface area contributed by atoms with Gasteiger partial charge in [0.25, 0.3) is 0 Å². The number of tetrazole rings is 1. The lowest BCUT2D eigenvalue weighted by Gasteiger charge is -2.31. The van der Waals surface area contributed by atoms with Gasteiger partial charge in [-0.2, -0.15) is 4.68 Å². The molecule has 2 aromatic rings. The second-order valence-corrected chi connectivity index (χ2v) is 4.99. The van der Waals surface area contributed by atoms with Crippen LogP contribution in [0.2, 0.25) is 0 Å². The second-order valence-electron chi connectivity index (χ2n) is 4.99. The second kappa shape index (κ2) is 5.58. The van der Waals surface area contributed by atoms with Gasteiger partial charge in [0, 0.05) is 13.2 Å². The summed E-state index contributed by atoms with van der Waals surface area (Å²) >= 11 is 0. The summed E-state index contributed by atoms with van der Waals surface area (Å²) < 4.78 is 6.75. The van der Waals surface area contributed by atoms with E-state index in [4.69, 9.17) is 10.5 Å². The van der Waals surface area contributed by atoms with Gasteiger partial charge in [0.2, 0.25) is 5.91 Å². The Morgan fingerprint density at radius 3 is 2.81 bits per heavy atom. The first-order chi connectivity index (χ1) is 10.2. The maximum atomic E-state index is 12.5. The number of nitrogens with one attached hydrogen (secondary N) is 1. The summed E-state index contributed by atoms with van der Waals surface area (Å²) in [6, 6.07) is 7.28. The molecule has 3 N–H and O–H groups in total. The largest absolute Gasteiger partial charge is 0.381 e. The highest BCUT2D eigenvalue weighted by atomic mass is 16.5. The lowest BCUT2D eigenvalue weighted by molar-refractivity contribution is -0.124. The van der Waals surface area contributed by atoms with Crippen LogP contribution in [0.4, 0.5) is 5.69 Å². The van der Waals surface area contributed by atoms with Gasteiger partial charge in [-0.3, -0.25) is 4.79 Å². The zero-order valence-corrected chi connectivity index (χ0v) is 11.4. The number of hydrogen-bond donors (Lipinski definition) is 2. The predicted molar refractivity (Wildman–Crippen MR) is 74.8 cm³/mol. The van der Waals surface area contributed by atoms with E-state index in [0.29, 0.717) is 37.4 Å². The summed E-state index contributed by atoms with van der Waals surface area (Å²) in [6.07, 6.45) is 2.48. The van der Waals surface area contributed by atoms with Crippen molar-refractivity contribution in [1.82, 2.24) is 20.2 Å². The number of rotatable bonds is 3. The number of benzene rings is 1. The molecule has 8 heteroatoms. The van der Waals surface area contributed by atoms with Crippen molar-refractivity contribution in [2.75, 3.05) is 18.5 Å². The van der Waals surface area contributed by atoms with Crippen molar-refractivity contribution >= 4 is 11.6 Å². The van der Waals surface area contributed by atoms with Crippen LogP contribution >= 0.6 is 0 Å². The van der Waals surface area contributed by atoms with Gasteiger partial charge in [0.15, 0.2) is 0 Å². The number of nitrogens with two attached hydrogens (primary N) is 1. The quantitative estimate of drug-likeness (QED) is 0.830. The van der Waals surface area contributed by atoms with E-state index in [-0.39, 0.29) is 5.91 Å². The van der Waals surface area contributed by atoms with Crippen molar-refractivity contribution in [3.05, 3.63) is 30.6 Å². The molecule has 0 atom stereocenters. The molecule has 8 nitrogen and oxygen atoms in total. The predicted octanol–water partition coefficient (Wildman–Crippen LogP) is 0.109. The molecule has 2 heterocycles. The van der Waals surface area contributed by atoms with Crippen LogP contribution in [0.25, 0.3) is 5.69 Å². The van der Waals surface area contributed by atoms with Crippen LogP contribution in [0.15, 0.2) is 30.6 Å². The number of anilines is 1. The fraction of sp³-hybridized carbons (Fsp3) is 0.385. The summed E-state index contributed by atoms with van der Waals surface area (Å²) in [5, 5.41) is 13.9. The molecule has 3 rings (SSSR count). The molecular weight excluding hydrogens is 272 g/mol. The third-order valence-corrected chi connectivity index (χ3v) is 3.59. The average Bonchev–Trinajstić information content (AvgIpc) is 3.02. The minimum atomic E-state index is -0.897. The Morgan fingerprint density at radius 1 is 1.33 bits per heavy atom. The van der Waals surface area contributed by atoms with E-state index < -0.39 is 5.54 Å². The maximum Gasteiger partial charge on any atom is 0.244 e. The van der Waals surface area contributed by atoms with Gasteiger partial charge in [-0.1, -0.05) is 12.1 Å². The molecule has 1 saturated heterocycles. The summed E-state index contributed by atoms with van der Waals surface area (Å²) in [7, 11) is 0. The Kier molecular flexibility index (Phi) is 3.63. The summed E-state index contributed by atoms with van der Waals surface area (Å²) in [5.74, 6) is -0.216. The van der Waals surface area contributed by atoms with Crippen molar-refractivity contribution < 1.29 is 9.53 Å². The van der Waals surface area contributed by atoms with Crippen molar-refractivity contribution in [3.8, 4) is 5.69 Å². The molecule has 1 amide bonds. The maximum absolute atomic E-state index is 12.5. The van der Waals surface area contributed by atoms with Crippen LogP contribution in [0.1, 0.15) is 12.8 Å². The molecule has 0 spiro atoms. The zero-order valence-electron chi connectivity index (χ0n) is 11.4. The fourth-order valence-electron chi connectivity index (χ4n) is 2.26. The van der Waals surface area contributed by atoms with Crippen LogP contribution in [-0.4, -0.2) is 44.9 Å². The number of aromatic nitrogens is 4. The highest BCUT2D eigenvalue weighted by Gasteiger charge is 2.36. The molecule has 21 heavy (non-hydrogen) atoms. The fourth-order valence-corrected chi connectivity index (χ4v) is 2.26. The van der Waals surface area contributed by atoms with E-state index in [2.05, 4.69) is 20.8 Å². The Morgan fingerprint density at radius 2 is 2.10 bits per heavy atom. The molecule has 1 aromatic heterocycles. The van der Waals surface area contributed by atoms with Gasteiger partial charge in [-0.15, -0.1) is 5.10 Å². The molecule has 1 fully saturated rings. The molecule has 0 unspecified atom stereocenters. The van der Waals surface area contributed by atoms with Gasteiger partial charge in [0.1, 0.15) is 11.9 Å². The minimum Gasteiger partial charge on any atom is -0.381 e. The highest BCUT2D eigenvalue weighted by Crippen LogP contribution is 2.23. The van der Waals surface area contributed by atoms with Crippen LogP contribution in [-0.2, 0) is 9.53 Å². The number of amides is 1. The van der Waals surface area contributed by atoms with E-state index in [9.17, 15) is 4.79 Å². The van der Waals surface area contributed by atoms with Crippen molar-refractivity contribution in [1.29, 1.82) is 0 Å². The normalized spacial score (nSPS) is 17.4. The number of para-hydroxylation sites is 2.